The number of aromatic nitrogens is 1. The number of halogens is 2. The predicted molar refractivity (Wildman–Crippen MR) is 123 cm³/mol. The van der Waals surface area contributed by atoms with Crippen molar-refractivity contribution in [3.05, 3.63) is 77.3 Å². The predicted octanol–water partition coefficient (Wildman–Crippen LogP) is 6.25. The van der Waals surface area contributed by atoms with Crippen LogP contribution < -0.4 is 4.80 Å². The van der Waals surface area contributed by atoms with Crippen LogP contribution in [0, 0.1) is 10.1 Å². The molecule has 0 radical (unpaired) electrons. The van der Waals surface area contributed by atoms with Crippen molar-refractivity contribution in [1.29, 1.82) is 0 Å². The topological polar surface area (TPSA) is 77.5 Å². The van der Waals surface area contributed by atoms with Gasteiger partial charge in [0.1, 0.15) is 0 Å². The molecule has 9 heteroatoms. The lowest BCUT2D eigenvalue weighted by Crippen LogP contribution is -2.17. The van der Waals surface area contributed by atoms with Crippen LogP contribution in [0.2, 0.25) is 5.02 Å². The molecule has 1 aromatic heterocycles. The van der Waals surface area contributed by atoms with Gasteiger partial charge in [0.25, 0.3) is 11.6 Å². The number of amides is 1. The molecule has 0 fully saturated rings. The molecule has 0 N–H and O–H groups in total. The minimum absolute atomic E-state index is 0.0177. The van der Waals surface area contributed by atoms with E-state index in [-0.39, 0.29) is 16.3 Å². The monoisotopic (exact) mass is 507 g/mol. The summed E-state index contributed by atoms with van der Waals surface area (Å²) in [6.07, 6.45) is 1.81. The number of rotatable bonds is 6. The molecular weight excluding hydrogens is 490 g/mol. The van der Waals surface area contributed by atoms with Gasteiger partial charge >= 0.3 is 0 Å². The Bertz CT molecular complexity index is 1170. The molecule has 0 atom stereocenters. The van der Waals surface area contributed by atoms with Gasteiger partial charge in [0, 0.05) is 28.0 Å². The molecule has 3 aromatic rings. The maximum Gasteiger partial charge on any atom is 0.281 e. The molecule has 0 aliphatic rings. The smallest absolute Gasteiger partial charge is 0.281 e. The number of nitrogens with zero attached hydrogens (tertiary/aromatic N) is 3. The zero-order valence-corrected chi connectivity index (χ0v) is 19.6. The minimum Gasteiger partial charge on any atom is -0.316 e. The van der Waals surface area contributed by atoms with Gasteiger partial charge in [-0.05, 0) is 37.1 Å². The van der Waals surface area contributed by atoms with Gasteiger partial charge in [-0.15, -0.1) is 11.3 Å². The van der Waals surface area contributed by atoms with Crippen LogP contribution in [0.15, 0.2) is 51.9 Å². The number of hydrogen-bond donors (Lipinski definition) is 0. The number of carbonyl (C=O) groups excluding carboxylic acids is 1. The van der Waals surface area contributed by atoms with E-state index in [4.69, 9.17) is 11.6 Å². The second-order valence-corrected chi connectivity index (χ2v) is 8.88. The third-order valence-electron chi connectivity index (χ3n) is 4.48. The van der Waals surface area contributed by atoms with Crippen molar-refractivity contribution in [3.8, 4) is 11.3 Å². The van der Waals surface area contributed by atoms with E-state index in [2.05, 4.69) is 27.8 Å². The third kappa shape index (κ3) is 4.71. The van der Waals surface area contributed by atoms with Gasteiger partial charge in [0.05, 0.1) is 21.2 Å². The van der Waals surface area contributed by atoms with Crippen molar-refractivity contribution < 1.29 is 9.72 Å². The van der Waals surface area contributed by atoms with Crippen molar-refractivity contribution in [3.63, 3.8) is 0 Å². The zero-order chi connectivity index (χ0) is 21.8. The fourth-order valence-corrected chi connectivity index (χ4v) is 4.87. The van der Waals surface area contributed by atoms with E-state index in [0.29, 0.717) is 11.3 Å². The van der Waals surface area contributed by atoms with E-state index in [1.54, 1.807) is 0 Å². The Hall–Kier alpha value is -2.29. The fourth-order valence-electron chi connectivity index (χ4n) is 3.10. The van der Waals surface area contributed by atoms with Gasteiger partial charge in [-0.2, -0.15) is 4.99 Å². The summed E-state index contributed by atoms with van der Waals surface area (Å²) in [5.41, 5.74) is 1.90. The molecular formula is C21H19BrClN3O3S. The molecule has 1 amide bonds. The van der Waals surface area contributed by atoms with E-state index in [1.807, 2.05) is 35.8 Å². The molecule has 2 aromatic carbocycles. The van der Waals surface area contributed by atoms with E-state index < -0.39 is 10.8 Å². The number of aryl methyl sites for hydroxylation is 1. The first-order valence-electron chi connectivity index (χ1n) is 9.37. The van der Waals surface area contributed by atoms with Gasteiger partial charge in [-0.25, -0.2) is 0 Å². The summed E-state index contributed by atoms with van der Waals surface area (Å²) in [6, 6.07) is 11.8. The largest absolute Gasteiger partial charge is 0.316 e. The summed E-state index contributed by atoms with van der Waals surface area (Å²) >= 11 is 11.0. The number of benzene rings is 2. The van der Waals surface area contributed by atoms with Crippen molar-refractivity contribution >= 4 is 50.5 Å². The quantitative estimate of drug-likeness (QED) is 0.291. The van der Waals surface area contributed by atoms with Crippen molar-refractivity contribution in [1.82, 2.24) is 4.57 Å². The SMILES string of the molecule is CCCc1sc(=NC(=O)c2cc([N+](=O)[O-])ccc2Cl)n(CC)c1-c1ccc(Br)cc1. The highest BCUT2D eigenvalue weighted by atomic mass is 79.9. The molecule has 0 aliphatic carbocycles. The van der Waals surface area contributed by atoms with Crippen molar-refractivity contribution in [2.45, 2.75) is 33.2 Å². The maximum absolute atomic E-state index is 12.9. The Morgan fingerprint density at radius 2 is 1.93 bits per heavy atom. The van der Waals surface area contributed by atoms with Crippen LogP contribution >= 0.6 is 38.9 Å². The molecule has 0 spiro atoms. The van der Waals surface area contributed by atoms with Gasteiger partial charge < -0.3 is 4.57 Å². The second-order valence-electron chi connectivity index (χ2n) is 6.50. The molecule has 0 unspecified atom stereocenters. The van der Waals surface area contributed by atoms with Gasteiger partial charge in [0.2, 0.25) is 0 Å². The van der Waals surface area contributed by atoms with Crippen LogP contribution in [-0.2, 0) is 13.0 Å². The summed E-state index contributed by atoms with van der Waals surface area (Å²) in [7, 11) is 0. The zero-order valence-electron chi connectivity index (χ0n) is 16.4. The summed E-state index contributed by atoms with van der Waals surface area (Å²) in [6.45, 7) is 4.72. The number of carbonyl (C=O) groups is 1. The highest BCUT2D eigenvalue weighted by Gasteiger charge is 2.18. The van der Waals surface area contributed by atoms with E-state index in [9.17, 15) is 14.9 Å². The Morgan fingerprint density at radius 1 is 1.23 bits per heavy atom. The number of hydrogen-bond acceptors (Lipinski definition) is 4. The van der Waals surface area contributed by atoms with Crippen LogP contribution in [0.5, 0.6) is 0 Å². The molecule has 30 heavy (non-hydrogen) atoms. The maximum atomic E-state index is 12.9. The minimum atomic E-state index is -0.599. The normalized spacial score (nSPS) is 11.7. The van der Waals surface area contributed by atoms with Crippen LogP contribution in [0.1, 0.15) is 35.5 Å². The third-order valence-corrected chi connectivity index (χ3v) is 6.48. The van der Waals surface area contributed by atoms with Crippen LogP contribution in [0.4, 0.5) is 5.69 Å². The van der Waals surface area contributed by atoms with Crippen molar-refractivity contribution in [2.75, 3.05) is 0 Å². The second kappa shape index (κ2) is 9.68. The van der Waals surface area contributed by atoms with Gasteiger partial charge in [-0.1, -0.05) is 53.0 Å². The molecule has 3 rings (SSSR count). The molecule has 1 heterocycles. The Labute approximate surface area is 191 Å². The van der Waals surface area contributed by atoms with E-state index >= 15 is 0 Å². The lowest BCUT2D eigenvalue weighted by atomic mass is 10.1. The number of non-ortho nitro benzene ring substituents is 1. The van der Waals surface area contributed by atoms with Crippen LogP contribution in [0.25, 0.3) is 11.3 Å². The van der Waals surface area contributed by atoms with Crippen LogP contribution in [0.3, 0.4) is 0 Å². The number of nitro groups is 1. The fraction of sp³-hybridized carbons (Fsp3) is 0.238. The highest BCUT2D eigenvalue weighted by Crippen LogP contribution is 2.29. The standard InChI is InChI=1S/C21H19BrClN3O3S/c1-3-5-18-19(13-6-8-14(22)9-7-13)25(4-2)21(30-18)24-20(27)16-12-15(26(28)29)10-11-17(16)23/h6-12H,3-5H2,1-2H3. The Kier molecular flexibility index (Phi) is 7.23. The van der Waals surface area contributed by atoms with Crippen LogP contribution in [-0.4, -0.2) is 15.4 Å². The van der Waals surface area contributed by atoms with Gasteiger partial charge in [0.15, 0.2) is 4.80 Å². The average Bonchev–Trinajstić information content (AvgIpc) is 3.05. The summed E-state index contributed by atoms with van der Waals surface area (Å²) in [5.74, 6) is -0.599. The van der Waals surface area contributed by atoms with Gasteiger partial charge in [-0.3, -0.25) is 14.9 Å². The lowest BCUT2D eigenvalue weighted by Gasteiger charge is -2.09. The first kappa shape index (κ1) is 22.4. The molecule has 6 nitrogen and oxygen atoms in total. The van der Waals surface area contributed by atoms with E-state index in [1.165, 1.54) is 29.5 Å². The lowest BCUT2D eigenvalue weighted by molar-refractivity contribution is -0.384. The Balaban J connectivity index is 2.16. The Morgan fingerprint density at radius 3 is 2.53 bits per heavy atom. The average molecular weight is 509 g/mol. The molecule has 156 valence electrons. The van der Waals surface area contributed by atoms with E-state index in [0.717, 1.165) is 33.4 Å². The molecule has 0 saturated heterocycles. The first-order chi connectivity index (χ1) is 14.3. The summed E-state index contributed by atoms with van der Waals surface area (Å²) < 4.78 is 2.99. The molecule has 0 saturated carbocycles. The highest BCUT2D eigenvalue weighted by molar-refractivity contribution is 9.10. The number of nitro benzene ring substituents is 1. The first-order valence-corrected chi connectivity index (χ1v) is 11.4. The van der Waals surface area contributed by atoms with Crippen molar-refractivity contribution in [2.24, 2.45) is 4.99 Å². The molecule has 0 aliphatic heterocycles. The summed E-state index contributed by atoms with van der Waals surface area (Å²) in [4.78, 5) is 29.3. The molecule has 0 bridgehead atoms. The number of thiazole rings is 1. The summed E-state index contributed by atoms with van der Waals surface area (Å²) in [5, 5.41) is 11.2.